The topological polar surface area (TPSA) is 75.4 Å². The number of hydrogen-bond acceptors (Lipinski definition) is 4. The van der Waals surface area contributed by atoms with E-state index < -0.39 is 0 Å². The molecule has 0 aliphatic heterocycles. The third kappa shape index (κ3) is 4.04. The molecule has 18 heavy (non-hydrogen) atoms. The van der Waals surface area contributed by atoms with E-state index in [2.05, 4.69) is 17.1 Å². The fourth-order valence-corrected chi connectivity index (χ4v) is 1.40. The predicted molar refractivity (Wildman–Crippen MR) is 67.1 cm³/mol. The first-order valence-electron chi connectivity index (χ1n) is 5.63. The van der Waals surface area contributed by atoms with Gasteiger partial charge in [-0.25, -0.2) is 0 Å². The smallest absolute Gasteiger partial charge is 0.225 e. The van der Waals surface area contributed by atoms with Crippen LogP contribution in [0.5, 0.6) is 0 Å². The van der Waals surface area contributed by atoms with Crippen molar-refractivity contribution in [2.45, 2.75) is 20.3 Å². The first-order chi connectivity index (χ1) is 8.54. The van der Waals surface area contributed by atoms with Gasteiger partial charge in [0.1, 0.15) is 5.76 Å². The molecule has 0 aromatic carbocycles. The van der Waals surface area contributed by atoms with Crippen molar-refractivity contribution in [1.29, 1.82) is 0 Å². The van der Waals surface area contributed by atoms with E-state index in [0.29, 0.717) is 18.1 Å². The van der Waals surface area contributed by atoms with Gasteiger partial charge in [-0.05, 0) is 6.92 Å². The van der Waals surface area contributed by atoms with Crippen molar-refractivity contribution in [3.63, 3.8) is 0 Å². The zero-order chi connectivity index (χ0) is 13.5. The molecular formula is C12H17N3O3. The first-order valence-corrected chi connectivity index (χ1v) is 5.63. The van der Waals surface area contributed by atoms with E-state index in [1.54, 1.807) is 19.1 Å². The number of nitrogens with zero attached hydrogens (tertiary/aromatic N) is 2. The SMILES string of the molecule is C=CCNC(=O)CCN(C(C)=O)c1cc(C)on1. The second kappa shape index (κ2) is 6.58. The van der Waals surface area contributed by atoms with E-state index in [-0.39, 0.29) is 24.8 Å². The van der Waals surface area contributed by atoms with Gasteiger partial charge in [0.05, 0.1) is 0 Å². The van der Waals surface area contributed by atoms with Gasteiger partial charge in [0, 0.05) is 32.5 Å². The lowest BCUT2D eigenvalue weighted by atomic mass is 10.3. The standard InChI is InChI=1S/C12H17N3O3/c1-4-6-13-12(17)5-7-15(10(3)16)11-8-9(2)18-14-11/h4,8H,1,5-7H2,2-3H3,(H,13,17). The molecule has 1 aromatic rings. The number of aromatic nitrogens is 1. The molecule has 0 aliphatic carbocycles. The van der Waals surface area contributed by atoms with Gasteiger partial charge in [-0.1, -0.05) is 11.2 Å². The maximum atomic E-state index is 11.5. The van der Waals surface area contributed by atoms with E-state index in [4.69, 9.17) is 4.52 Å². The summed E-state index contributed by atoms with van der Waals surface area (Å²) in [6.07, 6.45) is 1.81. The van der Waals surface area contributed by atoms with Gasteiger partial charge < -0.3 is 9.84 Å². The summed E-state index contributed by atoms with van der Waals surface area (Å²) in [4.78, 5) is 24.3. The molecular weight excluding hydrogens is 234 g/mol. The van der Waals surface area contributed by atoms with Crippen LogP contribution in [-0.2, 0) is 9.59 Å². The van der Waals surface area contributed by atoms with Crippen LogP contribution >= 0.6 is 0 Å². The Morgan fingerprint density at radius 1 is 1.61 bits per heavy atom. The van der Waals surface area contributed by atoms with Gasteiger partial charge in [0.25, 0.3) is 0 Å². The van der Waals surface area contributed by atoms with Gasteiger partial charge in [-0.3, -0.25) is 14.5 Å². The van der Waals surface area contributed by atoms with Gasteiger partial charge in [0.15, 0.2) is 5.82 Å². The second-order valence-corrected chi connectivity index (χ2v) is 3.81. The zero-order valence-corrected chi connectivity index (χ0v) is 10.6. The minimum Gasteiger partial charge on any atom is -0.360 e. The number of carbonyl (C=O) groups excluding carboxylic acids is 2. The molecule has 0 saturated heterocycles. The highest BCUT2D eigenvalue weighted by atomic mass is 16.5. The predicted octanol–water partition coefficient (Wildman–Crippen LogP) is 1.03. The van der Waals surface area contributed by atoms with Gasteiger partial charge in [-0.2, -0.15) is 0 Å². The van der Waals surface area contributed by atoms with Crippen LogP contribution in [0, 0.1) is 6.92 Å². The lowest BCUT2D eigenvalue weighted by Crippen LogP contribution is -2.34. The van der Waals surface area contributed by atoms with Crippen LogP contribution in [0.3, 0.4) is 0 Å². The van der Waals surface area contributed by atoms with Crippen molar-refractivity contribution in [3.05, 3.63) is 24.5 Å². The Labute approximate surface area is 106 Å². The summed E-state index contributed by atoms with van der Waals surface area (Å²) in [5.74, 6) is 0.727. The Kier molecular flexibility index (Phi) is 5.10. The van der Waals surface area contributed by atoms with Crippen LogP contribution in [0.25, 0.3) is 0 Å². The summed E-state index contributed by atoms with van der Waals surface area (Å²) >= 11 is 0. The van der Waals surface area contributed by atoms with Crippen molar-refractivity contribution in [2.24, 2.45) is 0 Å². The first kappa shape index (κ1) is 14.0. The molecule has 0 radical (unpaired) electrons. The van der Waals surface area contributed by atoms with Crippen LogP contribution in [0.1, 0.15) is 19.1 Å². The number of anilines is 1. The van der Waals surface area contributed by atoms with Crippen LogP contribution in [0.2, 0.25) is 0 Å². The third-order valence-corrected chi connectivity index (χ3v) is 2.28. The molecule has 1 aromatic heterocycles. The lowest BCUT2D eigenvalue weighted by molar-refractivity contribution is -0.120. The summed E-state index contributed by atoms with van der Waals surface area (Å²) in [6, 6.07) is 1.66. The summed E-state index contributed by atoms with van der Waals surface area (Å²) in [6.45, 7) is 7.36. The average molecular weight is 251 g/mol. The highest BCUT2D eigenvalue weighted by Crippen LogP contribution is 2.14. The molecule has 0 aliphatic rings. The van der Waals surface area contributed by atoms with Crippen molar-refractivity contribution in [1.82, 2.24) is 10.5 Å². The largest absolute Gasteiger partial charge is 0.360 e. The highest BCUT2D eigenvalue weighted by molar-refractivity contribution is 5.91. The Morgan fingerprint density at radius 3 is 2.83 bits per heavy atom. The maximum absolute atomic E-state index is 11.5. The fraction of sp³-hybridized carbons (Fsp3) is 0.417. The lowest BCUT2D eigenvalue weighted by Gasteiger charge is -2.16. The molecule has 0 unspecified atom stereocenters. The summed E-state index contributed by atoms with van der Waals surface area (Å²) in [5.41, 5.74) is 0. The molecule has 0 bridgehead atoms. The van der Waals surface area contributed by atoms with E-state index in [1.807, 2.05) is 0 Å². The van der Waals surface area contributed by atoms with Crippen molar-refractivity contribution in [2.75, 3.05) is 18.0 Å². The van der Waals surface area contributed by atoms with Crippen LogP contribution in [-0.4, -0.2) is 30.1 Å². The minimum absolute atomic E-state index is 0.138. The Bertz CT molecular complexity index is 440. The van der Waals surface area contributed by atoms with Crippen LogP contribution < -0.4 is 10.2 Å². The number of nitrogens with one attached hydrogen (secondary N) is 1. The van der Waals surface area contributed by atoms with Gasteiger partial charge >= 0.3 is 0 Å². The number of aryl methyl sites for hydroxylation is 1. The summed E-state index contributed by atoms with van der Waals surface area (Å²) in [5, 5.41) is 6.40. The van der Waals surface area contributed by atoms with Crippen molar-refractivity contribution >= 4 is 17.6 Å². The molecule has 1 N–H and O–H groups in total. The molecule has 0 atom stereocenters. The van der Waals surface area contributed by atoms with Crippen LogP contribution in [0.15, 0.2) is 23.2 Å². The van der Waals surface area contributed by atoms with Crippen molar-refractivity contribution < 1.29 is 14.1 Å². The van der Waals surface area contributed by atoms with Crippen LogP contribution in [0.4, 0.5) is 5.82 Å². The molecule has 1 rings (SSSR count). The number of hydrogen-bond donors (Lipinski definition) is 1. The Hall–Kier alpha value is -2.11. The van der Waals surface area contributed by atoms with E-state index in [0.717, 1.165) is 0 Å². The minimum atomic E-state index is -0.181. The molecule has 6 nitrogen and oxygen atoms in total. The molecule has 1 heterocycles. The highest BCUT2D eigenvalue weighted by Gasteiger charge is 2.16. The summed E-state index contributed by atoms with van der Waals surface area (Å²) < 4.78 is 4.91. The zero-order valence-electron chi connectivity index (χ0n) is 10.6. The number of amides is 2. The molecule has 98 valence electrons. The van der Waals surface area contributed by atoms with E-state index in [1.165, 1.54) is 11.8 Å². The second-order valence-electron chi connectivity index (χ2n) is 3.81. The third-order valence-electron chi connectivity index (χ3n) is 2.28. The van der Waals surface area contributed by atoms with Gasteiger partial charge in [0.2, 0.25) is 11.8 Å². The Morgan fingerprint density at radius 2 is 2.33 bits per heavy atom. The van der Waals surface area contributed by atoms with E-state index in [9.17, 15) is 9.59 Å². The Balaban J connectivity index is 2.57. The normalized spacial score (nSPS) is 9.89. The van der Waals surface area contributed by atoms with Gasteiger partial charge in [-0.15, -0.1) is 6.58 Å². The monoisotopic (exact) mass is 251 g/mol. The molecule has 6 heteroatoms. The maximum Gasteiger partial charge on any atom is 0.225 e. The number of rotatable bonds is 6. The average Bonchev–Trinajstić information content (AvgIpc) is 2.73. The quantitative estimate of drug-likeness (QED) is 0.766. The molecule has 2 amide bonds. The molecule has 0 fully saturated rings. The van der Waals surface area contributed by atoms with Crippen molar-refractivity contribution in [3.8, 4) is 0 Å². The molecule has 0 saturated carbocycles. The van der Waals surface area contributed by atoms with E-state index >= 15 is 0 Å². The fourth-order valence-electron chi connectivity index (χ4n) is 1.40. The summed E-state index contributed by atoms with van der Waals surface area (Å²) in [7, 11) is 0. The molecule has 0 spiro atoms. The number of carbonyl (C=O) groups is 2.